The van der Waals surface area contributed by atoms with E-state index in [-0.39, 0.29) is 43.8 Å². The van der Waals surface area contributed by atoms with Crippen LogP contribution in [0.2, 0.25) is 0 Å². The lowest BCUT2D eigenvalue weighted by molar-refractivity contribution is 0.797. The number of aromatic nitrogens is 4. The van der Waals surface area contributed by atoms with Crippen LogP contribution in [0.25, 0.3) is 11.0 Å². The molecule has 0 radical (unpaired) electrons. The average molecular weight is 276 g/mol. The quantitative estimate of drug-likeness (QED) is 0.452. The number of hydrogen-bond donors (Lipinski definition) is 0. The molecular formula is C6H20N4O8. The third-order valence-corrected chi connectivity index (χ3v) is 1.23. The van der Waals surface area contributed by atoms with Crippen molar-refractivity contribution in [1.29, 1.82) is 0 Å². The van der Waals surface area contributed by atoms with Gasteiger partial charge in [0.2, 0.25) is 0 Å². The van der Waals surface area contributed by atoms with Crippen LogP contribution < -0.4 is 0 Å². The van der Waals surface area contributed by atoms with Crippen molar-refractivity contribution in [2.24, 2.45) is 0 Å². The predicted molar refractivity (Wildman–Crippen MR) is 64.0 cm³/mol. The molecule has 2 rings (SSSR count). The number of hydrogen-bond acceptors (Lipinski definition) is 4. The highest BCUT2D eigenvalue weighted by molar-refractivity contribution is 5.72. The third kappa shape index (κ3) is 9.33. The second-order valence-electron chi connectivity index (χ2n) is 1.87. The van der Waals surface area contributed by atoms with E-state index in [1.807, 2.05) is 24.3 Å². The zero-order valence-corrected chi connectivity index (χ0v) is 9.10. The molecule has 0 aliphatic heterocycles. The van der Waals surface area contributed by atoms with Gasteiger partial charge in [-0.15, -0.1) is 10.2 Å². The Morgan fingerprint density at radius 1 is 0.500 bits per heavy atom. The van der Waals surface area contributed by atoms with Crippen molar-refractivity contribution in [3.05, 3.63) is 24.3 Å². The van der Waals surface area contributed by atoms with E-state index in [1.54, 1.807) is 0 Å². The maximum absolute atomic E-state index is 3.76. The standard InChI is InChI=1S/C6H4N4.8H2O/c1-2-4-6-5(3-1)7-9-10-8-6;;;;;;;;/h1-4H;8*1H2. The van der Waals surface area contributed by atoms with E-state index >= 15 is 0 Å². The molecule has 1 aromatic heterocycles. The molecule has 16 N–H and O–H groups in total. The molecule has 18 heavy (non-hydrogen) atoms. The molecule has 0 fully saturated rings. The van der Waals surface area contributed by atoms with Crippen LogP contribution in [0.4, 0.5) is 0 Å². The molecule has 1 heterocycles. The molecule has 0 spiro atoms. The lowest BCUT2D eigenvalue weighted by Crippen LogP contribution is -1.90. The summed E-state index contributed by atoms with van der Waals surface area (Å²) < 4.78 is 0. The van der Waals surface area contributed by atoms with E-state index in [9.17, 15) is 0 Å². The molecule has 0 amide bonds. The highest BCUT2D eigenvalue weighted by Crippen LogP contribution is 2.02. The van der Waals surface area contributed by atoms with Crippen LogP contribution in [0.15, 0.2) is 24.3 Å². The second kappa shape index (κ2) is 20.5. The minimum atomic E-state index is 0. The first-order chi connectivity index (χ1) is 4.97. The largest absolute Gasteiger partial charge is 0.412 e. The van der Waals surface area contributed by atoms with Crippen molar-refractivity contribution in [1.82, 2.24) is 20.6 Å². The molecule has 0 saturated carbocycles. The number of fused-ring (bicyclic) bond motifs is 1. The molecule has 2 aromatic rings. The van der Waals surface area contributed by atoms with Crippen molar-refractivity contribution in [2.75, 3.05) is 0 Å². The first kappa shape index (κ1) is 44.3. The summed E-state index contributed by atoms with van der Waals surface area (Å²) in [6.45, 7) is 0. The van der Waals surface area contributed by atoms with Crippen LogP contribution in [-0.2, 0) is 0 Å². The van der Waals surface area contributed by atoms with Gasteiger partial charge in [-0.1, -0.05) is 12.1 Å². The molecule has 12 heteroatoms. The van der Waals surface area contributed by atoms with E-state index < -0.39 is 0 Å². The molecule has 0 unspecified atom stereocenters. The Morgan fingerprint density at radius 2 is 0.778 bits per heavy atom. The van der Waals surface area contributed by atoms with Crippen LogP contribution in [0.1, 0.15) is 0 Å². The van der Waals surface area contributed by atoms with Gasteiger partial charge in [0, 0.05) is 0 Å². The smallest absolute Gasteiger partial charge is 0.115 e. The summed E-state index contributed by atoms with van der Waals surface area (Å²) in [5, 5.41) is 14.3. The maximum atomic E-state index is 3.76. The van der Waals surface area contributed by atoms with Crippen LogP contribution in [0.5, 0.6) is 0 Å². The Balaban J connectivity index is -0.0000000302. The minimum absolute atomic E-state index is 0. The Bertz CT molecular complexity index is 299. The number of benzene rings is 1. The average Bonchev–Trinajstić information content (AvgIpc) is 2.05. The van der Waals surface area contributed by atoms with Gasteiger partial charge in [0.1, 0.15) is 11.0 Å². The van der Waals surface area contributed by atoms with Gasteiger partial charge in [-0.2, -0.15) is 0 Å². The van der Waals surface area contributed by atoms with Crippen molar-refractivity contribution in [2.45, 2.75) is 0 Å². The molecule has 0 saturated heterocycles. The molecule has 12 nitrogen and oxygen atoms in total. The fraction of sp³-hybridized carbons (Fsp3) is 0. The molecule has 112 valence electrons. The summed E-state index contributed by atoms with van der Waals surface area (Å²) in [4.78, 5) is 0. The van der Waals surface area contributed by atoms with Crippen LogP contribution in [0, 0.1) is 0 Å². The Morgan fingerprint density at radius 3 is 1.06 bits per heavy atom. The van der Waals surface area contributed by atoms with Gasteiger partial charge in [0.05, 0.1) is 0 Å². The van der Waals surface area contributed by atoms with Gasteiger partial charge >= 0.3 is 0 Å². The van der Waals surface area contributed by atoms with Gasteiger partial charge in [-0.3, -0.25) is 0 Å². The third-order valence-electron chi connectivity index (χ3n) is 1.23. The van der Waals surface area contributed by atoms with Crippen LogP contribution in [-0.4, -0.2) is 64.4 Å². The molecule has 1 aromatic carbocycles. The molecule has 0 aliphatic rings. The zero-order valence-electron chi connectivity index (χ0n) is 9.10. The normalized spacial score (nSPS) is 5.56. The SMILES string of the molecule is O.O.O.O.O.O.O.O.c1ccc2nnnnc2c1. The molecule has 0 atom stereocenters. The van der Waals surface area contributed by atoms with Gasteiger partial charge in [0.25, 0.3) is 0 Å². The van der Waals surface area contributed by atoms with Crippen molar-refractivity contribution in [3.63, 3.8) is 0 Å². The molecule has 0 aliphatic carbocycles. The van der Waals surface area contributed by atoms with Crippen molar-refractivity contribution >= 4 is 11.0 Å². The highest BCUT2D eigenvalue weighted by Gasteiger charge is 1.90. The lowest BCUT2D eigenvalue weighted by atomic mass is 10.3. The zero-order chi connectivity index (χ0) is 6.81. The Hall–Kier alpha value is -1.90. The monoisotopic (exact) mass is 276 g/mol. The van der Waals surface area contributed by atoms with Crippen molar-refractivity contribution in [3.8, 4) is 0 Å². The number of rotatable bonds is 0. The van der Waals surface area contributed by atoms with Gasteiger partial charge < -0.3 is 43.8 Å². The van der Waals surface area contributed by atoms with Crippen LogP contribution in [0.3, 0.4) is 0 Å². The van der Waals surface area contributed by atoms with E-state index in [0.717, 1.165) is 11.0 Å². The van der Waals surface area contributed by atoms with Gasteiger partial charge in [-0.05, 0) is 22.6 Å². The van der Waals surface area contributed by atoms with E-state index in [4.69, 9.17) is 0 Å². The summed E-state index contributed by atoms with van der Waals surface area (Å²) in [7, 11) is 0. The van der Waals surface area contributed by atoms with Gasteiger partial charge in [-0.25, -0.2) is 0 Å². The summed E-state index contributed by atoms with van der Waals surface area (Å²) in [6, 6.07) is 7.46. The summed E-state index contributed by atoms with van der Waals surface area (Å²) in [5.41, 5.74) is 1.55. The van der Waals surface area contributed by atoms with E-state index in [0.29, 0.717) is 0 Å². The first-order valence-electron chi connectivity index (χ1n) is 2.87. The first-order valence-corrected chi connectivity index (χ1v) is 2.87. The second-order valence-corrected chi connectivity index (χ2v) is 1.87. The molecular weight excluding hydrogens is 256 g/mol. The minimum Gasteiger partial charge on any atom is -0.412 e. The molecule has 0 bridgehead atoms. The lowest BCUT2D eigenvalue weighted by Gasteiger charge is -1.87. The Labute approximate surface area is 101 Å². The van der Waals surface area contributed by atoms with Crippen molar-refractivity contribution < 1.29 is 43.8 Å². The topological polar surface area (TPSA) is 304 Å². The number of nitrogens with zero attached hydrogens (tertiary/aromatic N) is 4. The van der Waals surface area contributed by atoms with E-state index in [2.05, 4.69) is 20.6 Å². The summed E-state index contributed by atoms with van der Waals surface area (Å²) in [5.74, 6) is 0. The summed E-state index contributed by atoms with van der Waals surface area (Å²) in [6.07, 6.45) is 0. The van der Waals surface area contributed by atoms with Gasteiger partial charge in [0.15, 0.2) is 0 Å². The van der Waals surface area contributed by atoms with E-state index in [1.165, 1.54) is 0 Å². The fourth-order valence-electron chi connectivity index (χ4n) is 0.770. The Kier molecular flexibility index (Phi) is 50.5. The maximum Gasteiger partial charge on any atom is 0.115 e. The fourth-order valence-corrected chi connectivity index (χ4v) is 0.770. The van der Waals surface area contributed by atoms with Crippen LogP contribution >= 0.6 is 0 Å². The predicted octanol–water partition coefficient (Wildman–Crippen LogP) is -6.18. The summed E-state index contributed by atoms with van der Waals surface area (Å²) >= 11 is 0. The highest BCUT2D eigenvalue weighted by atomic mass is 16.0.